The van der Waals surface area contributed by atoms with Crippen molar-refractivity contribution in [3.8, 4) is 0 Å². The lowest BCUT2D eigenvalue weighted by Gasteiger charge is -2.37. The van der Waals surface area contributed by atoms with Crippen molar-refractivity contribution in [2.24, 2.45) is 0 Å². The third kappa shape index (κ3) is 3.11. The van der Waals surface area contributed by atoms with Gasteiger partial charge in [-0.25, -0.2) is 0 Å². The Morgan fingerprint density at radius 2 is 1.92 bits per heavy atom. The van der Waals surface area contributed by atoms with Crippen molar-refractivity contribution in [2.75, 3.05) is 19.0 Å². The van der Waals surface area contributed by atoms with Gasteiger partial charge in [-0.3, -0.25) is 4.79 Å². The van der Waals surface area contributed by atoms with Crippen molar-refractivity contribution >= 4 is 11.7 Å². The van der Waals surface area contributed by atoms with Gasteiger partial charge in [-0.05, 0) is 41.5 Å². The second-order valence-electron chi connectivity index (χ2n) is 7.21. The van der Waals surface area contributed by atoms with Gasteiger partial charge in [0.05, 0.1) is 6.04 Å². The van der Waals surface area contributed by atoms with E-state index in [2.05, 4.69) is 47.6 Å². The number of fused-ring (bicyclic) bond motifs is 1. The Bertz CT molecular complexity index is 737. The van der Waals surface area contributed by atoms with Gasteiger partial charge in [0.1, 0.15) is 0 Å². The van der Waals surface area contributed by atoms with Gasteiger partial charge in [-0.2, -0.15) is 0 Å². The Morgan fingerprint density at radius 1 is 1.17 bits per heavy atom. The quantitative estimate of drug-likeness (QED) is 0.942. The minimum Gasteiger partial charge on any atom is -0.361 e. The smallest absolute Gasteiger partial charge is 0.272 e. The van der Waals surface area contributed by atoms with Gasteiger partial charge in [0, 0.05) is 14.1 Å². The molecule has 5 nitrogen and oxygen atoms in total. The number of benzene rings is 1. The van der Waals surface area contributed by atoms with E-state index < -0.39 is 0 Å². The fraction of sp³-hybridized carbons (Fsp3) is 0.421. The number of amides is 1. The predicted molar refractivity (Wildman–Crippen MR) is 95.3 cm³/mol. The highest BCUT2D eigenvalue weighted by Gasteiger charge is 2.33. The van der Waals surface area contributed by atoms with Crippen LogP contribution < -0.4 is 10.2 Å². The molecule has 0 radical (unpaired) electrons. The van der Waals surface area contributed by atoms with Crippen LogP contribution in [0.15, 0.2) is 36.4 Å². The molecule has 0 saturated heterocycles. The lowest BCUT2D eigenvalue weighted by atomic mass is 9.71. The Kier molecular flexibility index (Phi) is 4.26. The van der Waals surface area contributed by atoms with Crippen LogP contribution in [0, 0.1) is 0 Å². The lowest BCUT2D eigenvalue weighted by molar-refractivity contribution is 0.0923. The molecule has 2 aromatic rings. The lowest BCUT2D eigenvalue weighted by Crippen LogP contribution is -2.36. The maximum absolute atomic E-state index is 12.5. The number of aromatic nitrogens is 2. The normalized spacial score (nSPS) is 18.6. The molecular formula is C19H24N4O. The summed E-state index contributed by atoms with van der Waals surface area (Å²) in [5, 5.41) is 11.2. The van der Waals surface area contributed by atoms with Gasteiger partial charge in [0.2, 0.25) is 0 Å². The van der Waals surface area contributed by atoms with Crippen LogP contribution in [-0.4, -0.2) is 30.2 Å². The molecule has 0 bridgehead atoms. The van der Waals surface area contributed by atoms with Crippen molar-refractivity contribution in [1.29, 1.82) is 0 Å². The number of nitrogens with one attached hydrogen (secondary N) is 1. The van der Waals surface area contributed by atoms with Crippen molar-refractivity contribution in [1.82, 2.24) is 15.5 Å². The van der Waals surface area contributed by atoms with Crippen LogP contribution in [0.1, 0.15) is 54.3 Å². The summed E-state index contributed by atoms with van der Waals surface area (Å²) in [6.45, 7) is 4.52. The van der Waals surface area contributed by atoms with Gasteiger partial charge in [0.25, 0.3) is 5.91 Å². The molecule has 0 saturated carbocycles. The minimum atomic E-state index is -0.174. The summed E-state index contributed by atoms with van der Waals surface area (Å²) in [7, 11) is 3.79. The summed E-state index contributed by atoms with van der Waals surface area (Å²) >= 11 is 0. The molecule has 1 atom stereocenters. The first-order valence-electron chi connectivity index (χ1n) is 8.30. The molecule has 1 N–H and O–H groups in total. The first-order valence-corrected chi connectivity index (χ1v) is 8.30. The summed E-state index contributed by atoms with van der Waals surface area (Å²) in [5.74, 6) is 0.559. The number of rotatable bonds is 3. The fourth-order valence-corrected chi connectivity index (χ4v) is 3.28. The second kappa shape index (κ2) is 6.23. The molecule has 3 rings (SSSR count). The third-order valence-corrected chi connectivity index (χ3v) is 4.77. The first-order chi connectivity index (χ1) is 11.4. The van der Waals surface area contributed by atoms with E-state index in [1.54, 1.807) is 12.1 Å². The Balaban J connectivity index is 1.80. The highest BCUT2D eigenvalue weighted by atomic mass is 16.2. The molecule has 0 spiro atoms. The second-order valence-corrected chi connectivity index (χ2v) is 7.21. The van der Waals surface area contributed by atoms with Gasteiger partial charge < -0.3 is 10.2 Å². The number of hydrogen-bond acceptors (Lipinski definition) is 4. The average molecular weight is 324 g/mol. The van der Waals surface area contributed by atoms with E-state index in [-0.39, 0.29) is 17.4 Å². The molecule has 1 amide bonds. The van der Waals surface area contributed by atoms with Crippen molar-refractivity contribution in [2.45, 2.75) is 38.1 Å². The topological polar surface area (TPSA) is 58.1 Å². The average Bonchev–Trinajstić information content (AvgIpc) is 2.58. The molecular weight excluding hydrogens is 300 g/mol. The maximum Gasteiger partial charge on any atom is 0.272 e. The van der Waals surface area contributed by atoms with E-state index in [1.807, 2.05) is 25.1 Å². The molecule has 126 valence electrons. The van der Waals surface area contributed by atoms with Crippen LogP contribution in [0.25, 0.3) is 0 Å². The van der Waals surface area contributed by atoms with Crippen LogP contribution in [0.4, 0.5) is 5.82 Å². The number of carbonyl (C=O) groups excluding carboxylic acids is 1. The van der Waals surface area contributed by atoms with E-state index in [1.165, 1.54) is 11.1 Å². The summed E-state index contributed by atoms with van der Waals surface area (Å²) in [4.78, 5) is 14.4. The molecule has 0 aliphatic heterocycles. The Hall–Kier alpha value is -2.43. The minimum absolute atomic E-state index is 0.0250. The van der Waals surface area contributed by atoms with Crippen molar-refractivity contribution in [3.63, 3.8) is 0 Å². The molecule has 1 aromatic heterocycles. The fourth-order valence-electron chi connectivity index (χ4n) is 3.28. The van der Waals surface area contributed by atoms with Gasteiger partial charge in [0.15, 0.2) is 11.5 Å². The molecule has 24 heavy (non-hydrogen) atoms. The summed E-state index contributed by atoms with van der Waals surface area (Å²) < 4.78 is 0. The largest absolute Gasteiger partial charge is 0.361 e. The van der Waals surface area contributed by atoms with Crippen molar-refractivity contribution < 1.29 is 4.79 Å². The SMILES string of the molecule is CN(C)c1ccc(C(=O)NC2CCC(C)(C)c3ccccc32)nn1. The molecule has 1 aliphatic rings. The number of carbonyl (C=O) groups is 1. The zero-order chi connectivity index (χ0) is 17.3. The van der Waals surface area contributed by atoms with E-state index in [0.29, 0.717) is 5.69 Å². The molecule has 1 unspecified atom stereocenters. The first kappa shape index (κ1) is 16.4. The monoisotopic (exact) mass is 324 g/mol. The van der Waals surface area contributed by atoms with Crippen LogP contribution in [-0.2, 0) is 5.41 Å². The summed E-state index contributed by atoms with van der Waals surface area (Å²) in [5.41, 5.74) is 3.02. The van der Waals surface area contributed by atoms with Gasteiger partial charge in [-0.15, -0.1) is 10.2 Å². The van der Waals surface area contributed by atoms with Crippen LogP contribution in [0.3, 0.4) is 0 Å². The van der Waals surface area contributed by atoms with E-state index in [0.717, 1.165) is 18.7 Å². The number of hydrogen-bond donors (Lipinski definition) is 1. The number of nitrogens with zero attached hydrogens (tertiary/aromatic N) is 3. The summed E-state index contributed by atoms with van der Waals surface area (Å²) in [6.07, 6.45) is 1.97. The van der Waals surface area contributed by atoms with Crippen molar-refractivity contribution in [3.05, 3.63) is 53.2 Å². The molecule has 1 aromatic carbocycles. The maximum atomic E-state index is 12.5. The molecule has 1 aliphatic carbocycles. The van der Waals surface area contributed by atoms with Crippen LogP contribution in [0.2, 0.25) is 0 Å². The highest BCUT2D eigenvalue weighted by Crippen LogP contribution is 2.41. The summed E-state index contributed by atoms with van der Waals surface area (Å²) in [6, 6.07) is 11.9. The van der Waals surface area contributed by atoms with Gasteiger partial charge >= 0.3 is 0 Å². The third-order valence-electron chi connectivity index (χ3n) is 4.77. The Labute approximate surface area is 143 Å². The van der Waals surface area contributed by atoms with E-state index in [4.69, 9.17) is 0 Å². The van der Waals surface area contributed by atoms with Gasteiger partial charge in [-0.1, -0.05) is 38.1 Å². The molecule has 1 heterocycles. The zero-order valence-electron chi connectivity index (χ0n) is 14.7. The highest BCUT2D eigenvalue weighted by molar-refractivity contribution is 5.92. The van der Waals surface area contributed by atoms with E-state index in [9.17, 15) is 4.79 Å². The van der Waals surface area contributed by atoms with Crippen LogP contribution in [0.5, 0.6) is 0 Å². The molecule has 5 heteroatoms. The number of anilines is 1. The van der Waals surface area contributed by atoms with Crippen LogP contribution >= 0.6 is 0 Å². The zero-order valence-corrected chi connectivity index (χ0v) is 14.7. The standard InChI is InChI=1S/C19H24N4O/c1-19(2)12-11-15(13-7-5-6-8-14(13)19)20-18(24)16-9-10-17(22-21-16)23(3)4/h5-10,15H,11-12H2,1-4H3,(H,20,24). The molecule has 0 fully saturated rings. The predicted octanol–water partition coefficient (Wildman–Crippen LogP) is 3.09. The van der Waals surface area contributed by atoms with E-state index >= 15 is 0 Å². The Morgan fingerprint density at radius 3 is 2.58 bits per heavy atom.